The van der Waals surface area contributed by atoms with Gasteiger partial charge in [-0.1, -0.05) is 39.0 Å². The molecule has 3 nitrogen and oxygen atoms in total. The molecule has 2 aliphatic carbocycles. The second-order valence-corrected chi connectivity index (χ2v) is 6.43. The van der Waals surface area contributed by atoms with E-state index < -0.39 is 11.6 Å². The highest BCUT2D eigenvalue weighted by Crippen LogP contribution is 2.44. The van der Waals surface area contributed by atoms with Crippen LogP contribution in [0.4, 0.5) is 0 Å². The van der Waals surface area contributed by atoms with Gasteiger partial charge in [0.25, 0.3) is 0 Å². The van der Waals surface area contributed by atoms with E-state index in [1.165, 1.54) is 12.8 Å². The monoisotopic (exact) mass is 254 g/mol. The highest BCUT2D eigenvalue weighted by molar-refractivity contribution is 5.78. The third kappa shape index (κ3) is 2.56. The summed E-state index contributed by atoms with van der Waals surface area (Å²) in [6.45, 7) is 2.18. The average Bonchev–Trinajstić information content (AvgIpc) is 2.38. The smallest absolute Gasteiger partial charge is 0.336 e. The van der Waals surface area contributed by atoms with Gasteiger partial charge in [0.2, 0.25) is 0 Å². The van der Waals surface area contributed by atoms with E-state index in [1.54, 1.807) is 0 Å². The molecule has 0 amide bonds. The normalized spacial score (nSPS) is 33.9. The molecular formula is C15H26O3. The van der Waals surface area contributed by atoms with Gasteiger partial charge < -0.3 is 10.2 Å². The SMILES string of the molecule is CC1CCCC(C(O)(C(=O)O)C2CCCCC2)C1. The first kappa shape index (κ1) is 13.9. The lowest BCUT2D eigenvalue weighted by molar-refractivity contribution is -0.178. The maximum atomic E-state index is 11.7. The first-order valence-corrected chi connectivity index (χ1v) is 7.51. The highest BCUT2D eigenvalue weighted by Gasteiger charge is 2.50. The van der Waals surface area contributed by atoms with Crippen LogP contribution in [0.25, 0.3) is 0 Å². The first-order chi connectivity index (χ1) is 8.55. The van der Waals surface area contributed by atoms with Gasteiger partial charge in [-0.05, 0) is 43.4 Å². The zero-order chi connectivity index (χ0) is 13.2. The summed E-state index contributed by atoms with van der Waals surface area (Å²) in [6.07, 6.45) is 9.09. The molecule has 0 heterocycles. The fourth-order valence-electron chi connectivity index (χ4n) is 4.06. The average molecular weight is 254 g/mol. The van der Waals surface area contributed by atoms with E-state index in [9.17, 15) is 15.0 Å². The Morgan fingerprint density at radius 2 is 1.61 bits per heavy atom. The molecule has 2 rings (SSSR count). The molecule has 104 valence electrons. The van der Waals surface area contributed by atoms with E-state index in [1.807, 2.05) is 0 Å². The van der Waals surface area contributed by atoms with Crippen LogP contribution >= 0.6 is 0 Å². The fourth-order valence-corrected chi connectivity index (χ4v) is 4.06. The zero-order valence-corrected chi connectivity index (χ0v) is 11.4. The Bertz CT molecular complexity index is 296. The Balaban J connectivity index is 2.16. The van der Waals surface area contributed by atoms with Crippen LogP contribution in [0.1, 0.15) is 64.7 Å². The predicted octanol–water partition coefficient (Wildman–Crippen LogP) is 3.21. The van der Waals surface area contributed by atoms with Crippen LogP contribution in [-0.4, -0.2) is 21.8 Å². The molecular weight excluding hydrogens is 228 g/mol. The van der Waals surface area contributed by atoms with Crippen LogP contribution in [-0.2, 0) is 4.79 Å². The summed E-state index contributed by atoms with van der Waals surface area (Å²) >= 11 is 0. The van der Waals surface area contributed by atoms with Gasteiger partial charge in [0.15, 0.2) is 5.60 Å². The van der Waals surface area contributed by atoms with Crippen LogP contribution in [0.2, 0.25) is 0 Å². The van der Waals surface area contributed by atoms with Crippen LogP contribution < -0.4 is 0 Å². The molecule has 3 unspecified atom stereocenters. The second kappa shape index (κ2) is 5.60. The van der Waals surface area contributed by atoms with Gasteiger partial charge in [-0.3, -0.25) is 0 Å². The lowest BCUT2D eigenvalue weighted by atomic mass is 9.65. The third-order valence-electron chi connectivity index (χ3n) is 5.13. The molecule has 18 heavy (non-hydrogen) atoms. The van der Waals surface area contributed by atoms with Crippen molar-refractivity contribution in [3.63, 3.8) is 0 Å². The molecule has 0 aromatic rings. The van der Waals surface area contributed by atoms with Gasteiger partial charge in [-0.15, -0.1) is 0 Å². The standard InChI is InChI=1S/C15H26O3/c1-11-6-5-9-13(10-11)15(18,14(16)17)12-7-3-2-4-8-12/h11-13,18H,2-10H2,1H3,(H,16,17). The molecule has 3 heteroatoms. The third-order valence-corrected chi connectivity index (χ3v) is 5.13. The quantitative estimate of drug-likeness (QED) is 0.813. The lowest BCUT2D eigenvalue weighted by Gasteiger charge is -2.43. The minimum absolute atomic E-state index is 0.0287. The second-order valence-electron chi connectivity index (χ2n) is 6.43. The van der Waals surface area contributed by atoms with Gasteiger partial charge in [-0.25, -0.2) is 4.79 Å². The van der Waals surface area contributed by atoms with E-state index in [0.29, 0.717) is 5.92 Å². The number of carbonyl (C=O) groups is 1. The molecule has 2 fully saturated rings. The largest absolute Gasteiger partial charge is 0.479 e. The molecule has 0 aliphatic heterocycles. The number of carboxylic acid groups (broad SMARTS) is 1. The van der Waals surface area contributed by atoms with E-state index in [2.05, 4.69) is 6.92 Å². The number of aliphatic carboxylic acids is 1. The van der Waals surface area contributed by atoms with Crippen LogP contribution in [0, 0.1) is 17.8 Å². The zero-order valence-electron chi connectivity index (χ0n) is 11.4. The summed E-state index contributed by atoms with van der Waals surface area (Å²) in [7, 11) is 0. The number of hydrogen-bond acceptors (Lipinski definition) is 2. The summed E-state index contributed by atoms with van der Waals surface area (Å²) < 4.78 is 0. The minimum atomic E-state index is -1.46. The van der Waals surface area contributed by atoms with E-state index in [0.717, 1.165) is 44.9 Å². The Hall–Kier alpha value is -0.570. The summed E-state index contributed by atoms with van der Waals surface area (Å²) in [5, 5.41) is 20.4. The molecule has 0 aromatic carbocycles. The van der Waals surface area contributed by atoms with Crippen molar-refractivity contribution in [2.75, 3.05) is 0 Å². The summed E-state index contributed by atoms with van der Waals surface area (Å²) in [5.41, 5.74) is -1.46. The van der Waals surface area contributed by atoms with Crippen LogP contribution in [0.15, 0.2) is 0 Å². The number of aliphatic hydroxyl groups is 1. The van der Waals surface area contributed by atoms with Gasteiger partial charge in [0.05, 0.1) is 0 Å². The number of carboxylic acids is 1. The Kier molecular flexibility index (Phi) is 4.31. The molecule has 0 spiro atoms. The highest BCUT2D eigenvalue weighted by atomic mass is 16.4. The fraction of sp³-hybridized carbons (Fsp3) is 0.933. The van der Waals surface area contributed by atoms with Gasteiger partial charge in [0.1, 0.15) is 0 Å². The molecule has 3 atom stereocenters. The molecule has 0 bridgehead atoms. The topological polar surface area (TPSA) is 57.5 Å². The van der Waals surface area contributed by atoms with Crippen molar-refractivity contribution in [2.24, 2.45) is 17.8 Å². The summed E-state index contributed by atoms with van der Waals surface area (Å²) in [4.78, 5) is 11.7. The Morgan fingerprint density at radius 1 is 1.00 bits per heavy atom. The van der Waals surface area contributed by atoms with Gasteiger partial charge in [0, 0.05) is 0 Å². The maximum Gasteiger partial charge on any atom is 0.336 e. The van der Waals surface area contributed by atoms with Gasteiger partial charge >= 0.3 is 5.97 Å². The number of hydrogen-bond donors (Lipinski definition) is 2. The molecule has 0 saturated heterocycles. The maximum absolute atomic E-state index is 11.7. The van der Waals surface area contributed by atoms with Crippen molar-refractivity contribution < 1.29 is 15.0 Å². The van der Waals surface area contributed by atoms with Crippen LogP contribution in [0.3, 0.4) is 0 Å². The van der Waals surface area contributed by atoms with Crippen molar-refractivity contribution >= 4 is 5.97 Å². The minimum Gasteiger partial charge on any atom is -0.479 e. The molecule has 2 aliphatic rings. The molecule has 2 N–H and O–H groups in total. The van der Waals surface area contributed by atoms with Crippen molar-refractivity contribution in [1.82, 2.24) is 0 Å². The number of rotatable bonds is 3. The van der Waals surface area contributed by atoms with E-state index in [-0.39, 0.29) is 11.8 Å². The first-order valence-electron chi connectivity index (χ1n) is 7.51. The van der Waals surface area contributed by atoms with E-state index >= 15 is 0 Å². The van der Waals surface area contributed by atoms with E-state index in [4.69, 9.17) is 0 Å². The molecule has 0 aromatic heterocycles. The van der Waals surface area contributed by atoms with Gasteiger partial charge in [-0.2, -0.15) is 0 Å². The molecule has 0 radical (unpaired) electrons. The molecule has 2 saturated carbocycles. The Labute approximate surface area is 110 Å². The van der Waals surface area contributed by atoms with Crippen molar-refractivity contribution in [3.05, 3.63) is 0 Å². The van der Waals surface area contributed by atoms with Crippen molar-refractivity contribution in [3.8, 4) is 0 Å². The summed E-state index contributed by atoms with van der Waals surface area (Å²) in [6, 6.07) is 0. The summed E-state index contributed by atoms with van der Waals surface area (Å²) in [5.74, 6) is -0.493. The van der Waals surface area contributed by atoms with Crippen molar-refractivity contribution in [1.29, 1.82) is 0 Å². The van der Waals surface area contributed by atoms with Crippen molar-refractivity contribution in [2.45, 2.75) is 70.3 Å². The Morgan fingerprint density at radius 3 is 2.17 bits per heavy atom. The lowest BCUT2D eigenvalue weighted by Crippen LogP contribution is -2.53. The van der Waals surface area contributed by atoms with Crippen LogP contribution in [0.5, 0.6) is 0 Å². The predicted molar refractivity (Wildman–Crippen MR) is 70.3 cm³/mol.